The normalized spacial score (nSPS) is 11.1. The summed E-state index contributed by atoms with van der Waals surface area (Å²) < 4.78 is 9.67. The van der Waals surface area contributed by atoms with E-state index in [1.165, 1.54) is 32.2 Å². The third kappa shape index (κ3) is 6.31. The lowest BCUT2D eigenvalue weighted by Crippen LogP contribution is -2.41. The minimum absolute atomic E-state index is 0.0750. The van der Waals surface area contributed by atoms with Gasteiger partial charge in [-0.1, -0.05) is 6.07 Å². The molecule has 2 aromatic rings. The van der Waals surface area contributed by atoms with E-state index in [0.29, 0.717) is 11.4 Å². The summed E-state index contributed by atoms with van der Waals surface area (Å²) in [7, 11) is 1.25. The number of nitro groups is 1. The van der Waals surface area contributed by atoms with Gasteiger partial charge in [-0.15, -0.1) is 0 Å². The zero-order valence-corrected chi connectivity index (χ0v) is 15.7. The minimum Gasteiger partial charge on any atom is -0.482 e. The maximum Gasteiger partial charge on any atom is 0.343 e. The predicted octanol–water partition coefficient (Wildman–Crippen LogP) is 1.90. The molecule has 29 heavy (non-hydrogen) atoms. The van der Waals surface area contributed by atoms with Crippen molar-refractivity contribution in [2.45, 2.75) is 13.0 Å². The number of anilines is 1. The van der Waals surface area contributed by atoms with Crippen molar-refractivity contribution >= 4 is 29.2 Å². The number of methoxy groups -OCH3 is 1. The van der Waals surface area contributed by atoms with Crippen molar-refractivity contribution in [2.24, 2.45) is 0 Å². The Balaban J connectivity index is 1.91. The Morgan fingerprint density at radius 1 is 1.14 bits per heavy atom. The number of nitrogens with one attached hydrogen (secondary N) is 2. The van der Waals surface area contributed by atoms with E-state index in [9.17, 15) is 24.5 Å². The standard InChI is InChI=1S/C19H19N3O7/c1-12(20-19(25)13-4-3-5-15(10-13)22(26)27)18(24)21-14-6-8-16(9-7-14)29-11-17(23)28-2/h3-10,12H,11H2,1-2H3,(H,20,25)(H,21,24). The van der Waals surface area contributed by atoms with Crippen LogP contribution in [0.15, 0.2) is 48.5 Å². The highest BCUT2D eigenvalue weighted by Crippen LogP contribution is 2.16. The third-order valence-corrected chi connectivity index (χ3v) is 3.77. The number of carbonyl (C=O) groups is 3. The number of rotatable bonds is 8. The molecule has 0 aromatic heterocycles. The van der Waals surface area contributed by atoms with Gasteiger partial charge in [-0.3, -0.25) is 19.7 Å². The first-order valence-electron chi connectivity index (χ1n) is 8.46. The van der Waals surface area contributed by atoms with Gasteiger partial charge in [-0.25, -0.2) is 4.79 Å². The van der Waals surface area contributed by atoms with Crippen LogP contribution in [-0.4, -0.2) is 42.5 Å². The van der Waals surface area contributed by atoms with E-state index in [1.807, 2.05) is 0 Å². The van der Waals surface area contributed by atoms with Gasteiger partial charge in [0, 0.05) is 23.4 Å². The van der Waals surface area contributed by atoms with E-state index >= 15 is 0 Å². The first-order chi connectivity index (χ1) is 13.8. The lowest BCUT2D eigenvalue weighted by Gasteiger charge is -2.14. The number of esters is 1. The SMILES string of the molecule is COC(=O)COc1ccc(NC(=O)C(C)NC(=O)c2cccc([N+](=O)[O-])c2)cc1. The van der Waals surface area contributed by atoms with Gasteiger partial charge in [0.2, 0.25) is 5.91 Å². The van der Waals surface area contributed by atoms with Crippen molar-refractivity contribution in [3.8, 4) is 5.75 Å². The summed E-state index contributed by atoms with van der Waals surface area (Å²) in [6, 6.07) is 10.6. The Kier molecular flexibility index (Phi) is 7.24. The first-order valence-corrected chi connectivity index (χ1v) is 8.46. The largest absolute Gasteiger partial charge is 0.482 e. The van der Waals surface area contributed by atoms with Gasteiger partial charge in [0.1, 0.15) is 11.8 Å². The molecule has 1 atom stereocenters. The van der Waals surface area contributed by atoms with Gasteiger partial charge >= 0.3 is 5.97 Å². The predicted molar refractivity (Wildman–Crippen MR) is 103 cm³/mol. The molecule has 0 aliphatic rings. The number of amides is 2. The van der Waals surface area contributed by atoms with Gasteiger partial charge < -0.3 is 20.1 Å². The van der Waals surface area contributed by atoms with Crippen molar-refractivity contribution in [1.29, 1.82) is 0 Å². The van der Waals surface area contributed by atoms with Crippen molar-refractivity contribution in [1.82, 2.24) is 5.32 Å². The maximum absolute atomic E-state index is 12.3. The lowest BCUT2D eigenvalue weighted by molar-refractivity contribution is -0.384. The van der Waals surface area contributed by atoms with Crippen molar-refractivity contribution in [3.63, 3.8) is 0 Å². The molecule has 0 radical (unpaired) electrons. The number of hydrogen-bond acceptors (Lipinski definition) is 7. The van der Waals surface area contributed by atoms with Crippen LogP contribution in [0.3, 0.4) is 0 Å². The first kappa shape index (κ1) is 21.4. The quantitative estimate of drug-likeness (QED) is 0.391. The number of carbonyl (C=O) groups excluding carboxylic acids is 3. The highest BCUT2D eigenvalue weighted by atomic mass is 16.6. The van der Waals surface area contributed by atoms with Crippen molar-refractivity contribution in [2.75, 3.05) is 19.0 Å². The maximum atomic E-state index is 12.3. The Bertz CT molecular complexity index is 912. The summed E-state index contributed by atoms with van der Waals surface area (Å²) in [5.41, 5.74) is 0.312. The van der Waals surface area contributed by atoms with Crippen LogP contribution in [0.4, 0.5) is 11.4 Å². The van der Waals surface area contributed by atoms with Crippen LogP contribution in [0.25, 0.3) is 0 Å². The van der Waals surface area contributed by atoms with Gasteiger partial charge in [-0.05, 0) is 37.3 Å². The lowest BCUT2D eigenvalue weighted by atomic mass is 10.1. The van der Waals surface area contributed by atoms with E-state index in [0.717, 1.165) is 6.07 Å². The Labute approximate surface area is 166 Å². The van der Waals surface area contributed by atoms with Crippen LogP contribution in [0.2, 0.25) is 0 Å². The molecule has 0 saturated carbocycles. The van der Waals surface area contributed by atoms with Crippen LogP contribution < -0.4 is 15.4 Å². The van der Waals surface area contributed by atoms with E-state index in [1.54, 1.807) is 24.3 Å². The molecule has 1 unspecified atom stereocenters. The van der Waals surface area contributed by atoms with Crippen LogP contribution in [-0.2, 0) is 14.3 Å². The summed E-state index contributed by atoms with van der Waals surface area (Å²) in [6.45, 7) is 1.25. The van der Waals surface area contributed by atoms with E-state index < -0.39 is 28.7 Å². The molecule has 0 heterocycles. The van der Waals surface area contributed by atoms with E-state index in [2.05, 4.69) is 15.4 Å². The van der Waals surface area contributed by atoms with Crippen LogP contribution in [0, 0.1) is 10.1 Å². The molecular formula is C19H19N3O7. The Hall–Kier alpha value is -3.95. The molecule has 2 aromatic carbocycles. The fraction of sp³-hybridized carbons (Fsp3) is 0.211. The van der Waals surface area contributed by atoms with Gasteiger partial charge in [0.25, 0.3) is 11.6 Å². The summed E-state index contributed by atoms with van der Waals surface area (Å²) in [4.78, 5) is 45.7. The number of nitro benzene ring substituents is 1. The summed E-state index contributed by atoms with van der Waals surface area (Å²) >= 11 is 0. The summed E-state index contributed by atoms with van der Waals surface area (Å²) in [5, 5.41) is 15.9. The average molecular weight is 401 g/mol. The molecule has 10 nitrogen and oxygen atoms in total. The second-order valence-corrected chi connectivity index (χ2v) is 5.88. The molecule has 0 fully saturated rings. The average Bonchev–Trinajstić information content (AvgIpc) is 2.72. The molecule has 2 amide bonds. The number of nitrogens with zero attached hydrogens (tertiary/aromatic N) is 1. The van der Waals surface area contributed by atoms with Crippen molar-refractivity contribution in [3.05, 3.63) is 64.2 Å². The molecule has 0 bridgehead atoms. The number of non-ortho nitro benzene ring substituents is 1. The zero-order chi connectivity index (χ0) is 21.4. The molecule has 0 aliphatic carbocycles. The van der Waals surface area contributed by atoms with Gasteiger partial charge in [-0.2, -0.15) is 0 Å². The number of benzene rings is 2. The molecule has 2 rings (SSSR count). The molecule has 152 valence electrons. The zero-order valence-electron chi connectivity index (χ0n) is 15.7. The van der Waals surface area contributed by atoms with Gasteiger partial charge in [0.15, 0.2) is 6.61 Å². The highest BCUT2D eigenvalue weighted by molar-refractivity contribution is 6.01. The summed E-state index contributed by atoms with van der Waals surface area (Å²) in [6.07, 6.45) is 0. The van der Waals surface area contributed by atoms with E-state index in [4.69, 9.17) is 4.74 Å². The highest BCUT2D eigenvalue weighted by Gasteiger charge is 2.18. The van der Waals surface area contributed by atoms with Gasteiger partial charge in [0.05, 0.1) is 12.0 Å². The van der Waals surface area contributed by atoms with Crippen LogP contribution in [0.1, 0.15) is 17.3 Å². The van der Waals surface area contributed by atoms with Crippen LogP contribution >= 0.6 is 0 Å². The number of ether oxygens (including phenoxy) is 2. The Morgan fingerprint density at radius 2 is 1.83 bits per heavy atom. The third-order valence-electron chi connectivity index (χ3n) is 3.77. The summed E-state index contributed by atoms with van der Waals surface area (Å²) in [5.74, 6) is -1.19. The fourth-order valence-corrected chi connectivity index (χ4v) is 2.19. The van der Waals surface area contributed by atoms with E-state index in [-0.39, 0.29) is 17.9 Å². The second-order valence-electron chi connectivity index (χ2n) is 5.88. The van der Waals surface area contributed by atoms with Crippen LogP contribution in [0.5, 0.6) is 5.75 Å². The molecule has 2 N–H and O–H groups in total. The number of hydrogen-bond donors (Lipinski definition) is 2. The molecular weight excluding hydrogens is 382 g/mol. The molecule has 0 spiro atoms. The molecule has 0 aliphatic heterocycles. The Morgan fingerprint density at radius 3 is 2.45 bits per heavy atom. The second kappa shape index (κ2) is 9.83. The molecule has 0 saturated heterocycles. The monoisotopic (exact) mass is 401 g/mol. The minimum atomic E-state index is -0.892. The fourth-order valence-electron chi connectivity index (χ4n) is 2.19. The topological polar surface area (TPSA) is 137 Å². The van der Waals surface area contributed by atoms with Crippen molar-refractivity contribution < 1.29 is 28.8 Å². The smallest absolute Gasteiger partial charge is 0.343 e. The molecule has 10 heteroatoms.